The van der Waals surface area contributed by atoms with Crippen molar-refractivity contribution >= 4 is 0 Å². The van der Waals surface area contributed by atoms with Gasteiger partial charge in [0, 0.05) is 25.2 Å². The summed E-state index contributed by atoms with van der Waals surface area (Å²) in [5, 5.41) is 0. The molecule has 0 aromatic heterocycles. The molecular weight excluding hydrogens is 288 g/mol. The van der Waals surface area contributed by atoms with Crippen LogP contribution in [-0.4, -0.2) is 38.3 Å². The number of nitrogens with two attached hydrogens (primary N) is 1. The van der Waals surface area contributed by atoms with E-state index in [4.69, 9.17) is 15.2 Å². The summed E-state index contributed by atoms with van der Waals surface area (Å²) in [5.74, 6) is 2.99. The molecule has 1 aromatic rings. The number of hydrogen-bond acceptors (Lipinski definition) is 4. The average molecular weight is 318 g/mol. The molecule has 1 fully saturated rings. The van der Waals surface area contributed by atoms with Gasteiger partial charge in [-0.25, -0.2) is 0 Å². The second kappa shape index (κ2) is 6.70. The predicted molar refractivity (Wildman–Crippen MR) is 93.1 cm³/mol. The van der Waals surface area contributed by atoms with Crippen molar-refractivity contribution in [3.63, 3.8) is 0 Å². The zero-order chi connectivity index (χ0) is 16.6. The third-order valence-electron chi connectivity index (χ3n) is 5.46. The molecule has 2 aliphatic rings. The third-order valence-corrected chi connectivity index (χ3v) is 5.46. The molecule has 0 saturated carbocycles. The molecule has 2 N–H and O–H groups in total. The Hall–Kier alpha value is -1.26. The number of methoxy groups -OCH3 is 2. The number of nitrogens with zero attached hydrogens (tertiary/aromatic N) is 1. The van der Waals surface area contributed by atoms with E-state index in [1.54, 1.807) is 14.2 Å². The molecule has 4 heteroatoms. The Labute approximate surface area is 139 Å². The molecule has 2 aliphatic heterocycles. The van der Waals surface area contributed by atoms with Gasteiger partial charge in [-0.3, -0.25) is 4.90 Å². The number of benzene rings is 1. The lowest BCUT2D eigenvalue weighted by Crippen LogP contribution is -2.51. The van der Waals surface area contributed by atoms with Crippen molar-refractivity contribution in [2.75, 3.05) is 27.3 Å². The molecule has 0 unspecified atom stereocenters. The van der Waals surface area contributed by atoms with Crippen LogP contribution in [0.4, 0.5) is 0 Å². The molecule has 4 nitrogen and oxygen atoms in total. The molecule has 0 spiro atoms. The summed E-state index contributed by atoms with van der Waals surface area (Å²) in [6, 6.07) is 5.03. The Balaban J connectivity index is 1.87. The maximum Gasteiger partial charge on any atom is 0.161 e. The van der Waals surface area contributed by atoms with E-state index in [-0.39, 0.29) is 6.04 Å². The van der Waals surface area contributed by atoms with E-state index in [9.17, 15) is 0 Å². The largest absolute Gasteiger partial charge is 0.493 e. The minimum Gasteiger partial charge on any atom is -0.493 e. The maximum atomic E-state index is 6.54. The summed E-state index contributed by atoms with van der Waals surface area (Å²) in [6.07, 6.45) is 3.35. The van der Waals surface area contributed by atoms with Crippen molar-refractivity contribution in [3.05, 3.63) is 23.3 Å². The molecular formula is C19H30N2O2. The van der Waals surface area contributed by atoms with Gasteiger partial charge < -0.3 is 15.2 Å². The van der Waals surface area contributed by atoms with Gasteiger partial charge in [0.25, 0.3) is 0 Å². The zero-order valence-corrected chi connectivity index (χ0v) is 14.8. The lowest BCUT2D eigenvalue weighted by molar-refractivity contribution is 0.0739. The minimum atomic E-state index is 0.290. The molecule has 1 aromatic carbocycles. The Morgan fingerprint density at radius 3 is 2.57 bits per heavy atom. The molecule has 0 aliphatic carbocycles. The molecule has 0 radical (unpaired) electrons. The van der Waals surface area contributed by atoms with Crippen LogP contribution in [0, 0.1) is 11.8 Å². The number of ether oxygens (including phenoxy) is 2. The first kappa shape index (κ1) is 16.6. The van der Waals surface area contributed by atoms with Crippen LogP contribution >= 0.6 is 0 Å². The highest BCUT2D eigenvalue weighted by molar-refractivity contribution is 5.49. The van der Waals surface area contributed by atoms with E-state index in [1.165, 1.54) is 17.5 Å². The number of hydrogen-bond donors (Lipinski definition) is 1. The topological polar surface area (TPSA) is 47.7 Å². The fourth-order valence-electron chi connectivity index (χ4n) is 4.32. The lowest BCUT2D eigenvalue weighted by Gasteiger charge is -2.46. The normalized spacial score (nSPS) is 27.5. The average Bonchev–Trinajstić information content (AvgIpc) is 2.53. The van der Waals surface area contributed by atoms with Gasteiger partial charge in [-0.15, -0.1) is 0 Å². The molecule has 1 saturated heterocycles. The first-order valence-corrected chi connectivity index (χ1v) is 8.77. The third kappa shape index (κ3) is 3.20. The van der Waals surface area contributed by atoms with Crippen molar-refractivity contribution in [2.24, 2.45) is 17.6 Å². The monoisotopic (exact) mass is 318 g/mol. The number of piperidine rings is 1. The van der Waals surface area contributed by atoms with Gasteiger partial charge in [-0.1, -0.05) is 13.8 Å². The Morgan fingerprint density at radius 1 is 1.22 bits per heavy atom. The molecule has 2 heterocycles. The Kier molecular flexibility index (Phi) is 4.83. The van der Waals surface area contributed by atoms with Crippen LogP contribution in [0.1, 0.15) is 43.9 Å². The second-order valence-electron chi connectivity index (χ2n) is 7.46. The highest BCUT2D eigenvalue weighted by atomic mass is 16.5. The Morgan fingerprint density at radius 2 is 1.91 bits per heavy atom. The first-order valence-electron chi connectivity index (χ1n) is 8.77. The van der Waals surface area contributed by atoms with Gasteiger partial charge in [0.05, 0.1) is 14.2 Å². The van der Waals surface area contributed by atoms with Crippen LogP contribution < -0.4 is 15.2 Å². The molecule has 0 amide bonds. The van der Waals surface area contributed by atoms with Gasteiger partial charge in [-0.2, -0.15) is 0 Å². The summed E-state index contributed by atoms with van der Waals surface area (Å²) in [7, 11) is 3.41. The standard InChI is InChI=1S/C19H30N2O2/c1-12(2)7-14-11-21-6-5-13-8-18(22-3)19(23-4)9-15(13)17(21)10-16(14)20/h8-9,12,14,16-17H,5-7,10-11,20H2,1-4H3/t14-,16+,17-/m0/s1. The van der Waals surface area contributed by atoms with Crippen LogP contribution in [0.25, 0.3) is 0 Å². The zero-order valence-electron chi connectivity index (χ0n) is 14.8. The summed E-state index contributed by atoms with van der Waals surface area (Å²) < 4.78 is 11.0. The van der Waals surface area contributed by atoms with Crippen molar-refractivity contribution in [1.82, 2.24) is 4.90 Å². The van der Waals surface area contributed by atoms with Crippen molar-refractivity contribution in [1.29, 1.82) is 0 Å². The molecule has 23 heavy (non-hydrogen) atoms. The van der Waals surface area contributed by atoms with E-state index in [0.29, 0.717) is 17.9 Å². The summed E-state index contributed by atoms with van der Waals surface area (Å²) in [5.41, 5.74) is 9.30. The van der Waals surface area contributed by atoms with Gasteiger partial charge in [0.15, 0.2) is 11.5 Å². The fraction of sp³-hybridized carbons (Fsp3) is 0.684. The minimum absolute atomic E-state index is 0.290. The Bertz CT molecular complexity index is 559. The van der Waals surface area contributed by atoms with Crippen molar-refractivity contribution in [2.45, 2.75) is 45.2 Å². The lowest BCUT2D eigenvalue weighted by atomic mass is 9.78. The molecule has 3 atom stereocenters. The molecule has 3 rings (SSSR count). The van der Waals surface area contributed by atoms with E-state index in [2.05, 4.69) is 30.9 Å². The molecule has 0 bridgehead atoms. The second-order valence-corrected chi connectivity index (χ2v) is 7.46. The van der Waals surface area contributed by atoms with Crippen LogP contribution in [-0.2, 0) is 6.42 Å². The maximum absolute atomic E-state index is 6.54. The summed E-state index contributed by atoms with van der Waals surface area (Å²) in [4.78, 5) is 2.63. The first-order chi connectivity index (χ1) is 11.0. The van der Waals surface area contributed by atoms with Crippen molar-refractivity contribution < 1.29 is 9.47 Å². The predicted octanol–water partition coefficient (Wildman–Crippen LogP) is 3.00. The van der Waals surface area contributed by atoms with Crippen LogP contribution in [0.5, 0.6) is 11.5 Å². The summed E-state index contributed by atoms with van der Waals surface area (Å²) in [6.45, 7) is 6.83. The van der Waals surface area contributed by atoms with Gasteiger partial charge in [0.2, 0.25) is 0 Å². The highest BCUT2D eigenvalue weighted by Gasteiger charge is 2.38. The van der Waals surface area contributed by atoms with Crippen LogP contribution in [0.3, 0.4) is 0 Å². The van der Waals surface area contributed by atoms with E-state index in [0.717, 1.165) is 37.4 Å². The number of rotatable bonds is 4. The van der Waals surface area contributed by atoms with Gasteiger partial charge in [-0.05, 0) is 54.4 Å². The highest BCUT2D eigenvalue weighted by Crippen LogP contribution is 2.43. The number of fused-ring (bicyclic) bond motifs is 3. The SMILES string of the molecule is COc1cc2c(cc1OC)[C@@H]1C[C@@H](N)[C@@H](CC(C)C)CN1CC2. The van der Waals surface area contributed by atoms with E-state index in [1.807, 2.05) is 0 Å². The summed E-state index contributed by atoms with van der Waals surface area (Å²) >= 11 is 0. The molecule has 128 valence electrons. The fourth-order valence-corrected chi connectivity index (χ4v) is 4.32. The van der Waals surface area contributed by atoms with Crippen LogP contribution in [0.15, 0.2) is 12.1 Å². The van der Waals surface area contributed by atoms with Crippen molar-refractivity contribution in [3.8, 4) is 11.5 Å². The van der Waals surface area contributed by atoms with Crippen LogP contribution in [0.2, 0.25) is 0 Å². The quantitative estimate of drug-likeness (QED) is 0.927. The van der Waals surface area contributed by atoms with E-state index < -0.39 is 0 Å². The van der Waals surface area contributed by atoms with Gasteiger partial charge in [0.1, 0.15) is 0 Å². The van der Waals surface area contributed by atoms with E-state index >= 15 is 0 Å². The van der Waals surface area contributed by atoms with Gasteiger partial charge >= 0.3 is 0 Å². The smallest absolute Gasteiger partial charge is 0.161 e.